The van der Waals surface area contributed by atoms with E-state index in [9.17, 15) is 13.2 Å². The Morgan fingerprint density at radius 1 is 1.11 bits per heavy atom. The summed E-state index contributed by atoms with van der Waals surface area (Å²) in [7, 11) is -3.48. The summed E-state index contributed by atoms with van der Waals surface area (Å²) in [5.74, 6) is 0.167. The van der Waals surface area contributed by atoms with E-state index < -0.39 is 10.0 Å². The number of aryl methyl sites for hydroxylation is 1. The summed E-state index contributed by atoms with van der Waals surface area (Å²) in [4.78, 5) is 12.2. The van der Waals surface area contributed by atoms with E-state index in [-0.39, 0.29) is 24.0 Å². The molecule has 8 heteroatoms. The molecule has 152 valence electrons. The van der Waals surface area contributed by atoms with Crippen LogP contribution in [0.1, 0.15) is 25.0 Å². The number of nitrogens with one attached hydrogen (secondary N) is 1. The Kier molecular flexibility index (Phi) is 7.86. The Balaban J connectivity index is 1.90. The van der Waals surface area contributed by atoms with Crippen molar-refractivity contribution in [2.75, 3.05) is 19.7 Å². The number of amides is 1. The largest absolute Gasteiger partial charge is 0.482 e. The smallest absolute Gasteiger partial charge is 0.258 e. The van der Waals surface area contributed by atoms with Crippen molar-refractivity contribution in [3.05, 3.63) is 58.6 Å². The second kappa shape index (κ2) is 9.91. The van der Waals surface area contributed by atoms with Gasteiger partial charge in [-0.05, 0) is 42.3 Å². The lowest BCUT2D eigenvalue weighted by Gasteiger charge is -2.18. The summed E-state index contributed by atoms with van der Waals surface area (Å²) >= 11 is 6.04. The third-order valence-electron chi connectivity index (χ3n) is 4.20. The maximum Gasteiger partial charge on any atom is 0.258 e. The maximum absolute atomic E-state index is 12.5. The minimum Gasteiger partial charge on any atom is -0.482 e. The van der Waals surface area contributed by atoms with Crippen molar-refractivity contribution in [2.24, 2.45) is 0 Å². The van der Waals surface area contributed by atoms with Crippen LogP contribution in [-0.2, 0) is 21.4 Å². The highest BCUT2D eigenvalue weighted by atomic mass is 35.5. The molecule has 1 amide bonds. The molecule has 0 heterocycles. The van der Waals surface area contributed by atoms with E-state index in [1.54, 1.807) is 50.2 Å². The number of hydrogen-bond acceptors (Lipinski definition) is 4. The second-order valence-electron chi connectivity index (χ2n) is 6.23. The van der Waals surface area contributed by atoms with Crippen molar-refractivity contribution in [2.45, 2.75) is 32.2 Å². The first-order chi connectivity index (χ1) is 13.3. The van der Waals surface area contributed by atoms with Crippen molar-refractivity contribution in [1.82, 2.24) is 9.62 Å². The quantitative estimate of drug-likeness (QED) is 0.669. The van der Waals surface area contributed by atoms with E-state index in [2.05, 4.69) is 5.32 Å². The minimum atomic E-state index is -3.48. The van der Waals surface area contributed by atoms with Crippen LogP contribution < -0.4 is 10.1 Å². The number of carbonyl (C=O) groups excluding carboxylic acids is 1. The van der Waals surface area contributed by atoms with Crippen molar-refractivity contribution in [3.8, 4) is 5.75 Å². The van der Waals surface area contributed by atoms with Crippen molar-refractivity contribution in [1.29, 1.82) is 0 Å². The number of benzene rings is 2. The number of ether oxygens (including phenoxy) is 1. The molecule has 0 aliphatic heterocycles. The molecule has 28 heavy (non-hydrogen) atoms. The third kappa shape index (κ3) is 5.70. The van der Waals surface area contributed by atoms with E-state index in [0.717, 1.165) is 11.1 Å². The summed E-state index contributed by atoms with van der Waals surface area (Å²) in [6.07, 6.45) is 0. The molecule has 1 N–H and O–H groups in total. The molecule has 0 aliphatic carbocycles. The molecule has 0 aromatic heterocycles. The van der Waals surface area contributed by atoms with Gasteiger partial charge in [0.15, 0.2) is 6.61 Å². The molecule has 2 aromatic carbocycles. The van der Waals surface area contributed by atoms with Gasteiger partial charge < -0.3 is 10.1 Å². The summed E-state index contributed by atoms with van der Waals surface area (Å²) in [5, 5.41) is 3.19. The molecule has 0 saturated carbocycles. The highest BCUT2D eigenvalue weighted by Crippen LogP contribution is 2.25. The number of rotatable bonds is 9. The average Bonchev–Trinajstić information content (AvgIpc) is 2.68. The Morgan fingerprint density at radius 3 is 2.36 bits per heavy atom. The molecular formula is C20H25ClN2O4S. The van der Waals surface area contributed by atoms with Gasteiger partial charge in [0.1, 0.15) is 5.75 Å². The topological polar surface area (TPSA) is 75.7 Å². The summed E-state index contributed by atoms with van der Waals surface area (Å²) in [5.41, 5.74) is 1.78. The molecular weight excluding hydrogens is 400 g/mol. The zero-order valence-electron chi connectivity index (χ0n) is 16.2. The zero-order chi connectivity index (χ0) is 20.7. The highest BCUT2D eigenvalue weighted by Gasteiger charge is 2.21. The van der Waals surface area contributed by atoms with Crippen LogP contribution in [-0.4, -0.2) is 38.3 Å². The number of carbonyl (C=O) groups is 1. The van der Waals surface area contributed by atoms with Gasteiger partial charge in [-0.1, -0.05) is 43.6 Å². The number of hydrogen-bond donors (Lipinski definition) is 1. The summed E-state index contributed by atoms with van der Waals surface area (Å²) < 4.78 is 31.8. The fourth-order valence-electron chi connectivity index (χ4n) is 2.61. The van der Waals surface area contributed by atoms with Crippen LogP contribution in [0.2, 0.25) is 5.02 Å². The normalized spacial score (nSPS) is 11.5. The predicted molar refractivity (Wildman–Crippen MR) is 110 cm³/mol. The highest BCUT2D eigenvalue weighted by molar-refractivity contribution is 7.89. The van der Waals surface area contributed by atoms with E-state index >= 15 is 0 Å². The van der Waals surface area contributed by atoms with Gasteiger partial charge in [-0.3, -0.25) is 4.79 Å². The van der Waals surface area contributed by atoms with Crippen LogP contribution in [0.4, 0.5) is 0 Å². The lowest BCUT2D eigenvalue weighted by Crippen LogP contribution is -2.30. The summed E-state index contributed by atoms with van der Waals surface area (Å²) in [6, 6.07) is 11.8. The molecule has 0 radical (unpaired) electrons. The number of sulfonamides is 1. The number of nitrogens with zero attached hydrogens (tertiary/aromatic N) is 1. The fraction of sp³-hybridized carbons (Fsp3) is 0.350. The summed E-state index contributed by atoms with van der Waals surface area (Å²) in [6.45, 7) is 6.47. The van der Waals surface area contributed by atoms with E-state index in [1.165, 1.54) is 4.31 Å². The van der Waals surface area contributed by atoms with Gasteiger partial charge in [-0.15, -0.1) is 0 Å². The Hall–Kier alpha value is -2.09. The standard InChI is InChI=1S/C20H25ClN2O4S/c1-4-23(5-2)28(25,26)17-9-7-16(8-10-17)13-22-20(24)14-27-19-12-15(3)6-11-18(19)21/h6-12H,4-5,13-14H2,1-3H3,(H,22,24). The first kappa shape index (κ1) is 22.2. The van der Waals surface area contributed by atoms with Crippen LogP contribution in [0.5, 0.6) is 5.75 Å². The first-order valence-corrected chi connectivity index (χ1v) is 10.8. The van der Waals surface area contributed by atoms with Gasteiger partial charge in [0.05, 0.1) is 9.92 Å². The zero-order valence-corrected chi connectivity index (χ0v) is 17.8. The van der Waals surface area contributed by atoms with E-state index in [4.69, 9.17) is 16.3 Å². The van der Waals surface area contributed by atoms with Crippen molar-refractivity contribution >= 4 is 27.5 Å². The first-order valence-electron chi connectivity index (χ1n) is 9.02. The van der Waals surface area contributed by atoms with Crippen LogP contribution in [0.3, 0.4) is 0 Å². The van der Waals surface area contributed by atoms with Gasteiger partial charge in [0.2, 0.25) is 10.0 Å². The molecule has 0 atom stereocenters. The Morgan fingerprint density at radius 2 is 1.75 bits per heavy atom. The minimum absolute atomic E-state index is 0.155. The average molecular weight is 425 g/mol. The van der Waals surface area contributed by atoms with Gasteiger partial charge in [-0.25, -0.2) is 8.42 Å². The third-order valence-corrected chi connectivity index (χ3v) is 6.58. The van der Waals surface area contributed by atoms with Crippen LogP contribution in [0, 0.1) is 6.92 Å². The van der Waals surface area contributed by atoms with Gasteiger partial charge in [0, 0.05) is 19.6 Å². The molecule has 0 aliphatic rings. The molecule has 2 aromatic rings. The van der Waals surface area contributed by atoms with Crippen LogP contribution >= 0.6 is 11.6 Å². The molecule has 0 unspecified atom stereocenters. The molecule has 0 fully saturated rings. The van der Waals surface area contributed by atoms with Crippen LogP contribution in [0.15, 0.2) is 47.4 Å². The lowest BCUT2D eigenvalue weighted by molar-refractivity contribution is -0.123. The lowest BCUT2D eigenvalue weighted by atomic mass is 10.2. The molecule has 2 rings (SSSR count). The van der Waals surface area contributed by atoms with Crippen LogP contribution in [0.25, 0.3) is 0 Å². The maximum atomic E-state index is 12.5. The number of halogens is 1. The molecule has 0 bridgehead atoms. The van der Waals surface area contributed by atoms with E-state index in [1.807, 2.05) is 13.0 Å². The van der Waals surface area contributed by atoms with Gasteiger partial charge in [0.25, 0.3) is 5.91 Å². The Bertz CT molecular complexity index is 910. The monoisotopic (exact) mass is 424 g/mol. The van der Waals surface area contributed by atoms with E-state index in [0.29, 0.717) is 23.9 Å². The van der Waals surface area contributed by atoms with Crippen molar-refractivity contribution < 1.29 is 17.9 Å². The molecule has 0 spiro atoms. The van der Waals surface area contributed by atoms with Gasteiger partial charge in [-0.2, -0.15) is 4.31 Å². The predicted octanol–water partition coefficient (Wildman–Crippen LogP) is 3.37. The molecule has 0 saturated heterocycles. The van der Waals surface area contributed by atoms with Crippen molar-refractivity contribution in [3.63, 3.8) is 0 Å². The fourth-order valence-corrected chi connectivity index (χ4v) is 4.24. The Labute approximate surface area is 171 Å². The SMILES string of the molecule is CCN(CC)S(=O)(=O)c1ccc(CNC(=O)COc2cc(C)ccc2Cl)cc1. The second-order valence-corrected chi connectivity index (χ2v) is 8.58. The van der Waals surface area contributed by atoms with Gasteiger partial charge >= 0.3 is 0 Å². The molecule has 6 nitrogen and oxygen atoms in total.